The number of nitrogens with two attached hydrogens (primary N) is 1. The number of methoxy groups -OCH3 is 2. The lowest BCUT2D eigenvalue weighted by Gasteiger charge is -2.53. The number of ether oxygens (including phenoxy) is 4. The van der Waals surface area contributed by atoms with Gasteiger partial charge in [0.2, 0.25) is 5.78 Å². The normalized spacial score (nSPS) is 31.1. The van der Waals surface area contributed by atoms with Gasteiger partial charge in [-0.15, -0.1) is 0 Å². The van der Waals surface area contributed by atoms with Crippen molar-refractivity contribution in [2.45, 2.75) is 199 Å². The molecule has 2 amide bonds. The molecule has 1 saturated heterocycles. The lowest BCUT2D eigenvalue weighted by molar-refractivity contribution is -0.284. The monoisotopic (exact) mass is 1290 g/mol. The fourth-order valence-corrected chi connectivity index (χ4v) is 16.2. The predicted octanol–water partition coefficient (Wildman–Crippen LogP) is 11.3. The van der Waals surface area contributed by atoms with Crippen molar-refractivity contribution in [3.63, 3.8) is 0 Å². The second-order valence-corrected chi connectivity index (χ2v) is 28.2. The van der Waals surface area contributed by atoms with Crippen LogP contribution in [0.25, 0.3) is 0 Å². The van der Waals surface area contributed by atoms with Crippen LogP contribution in [0.3, 0.4) is 0 Å². The zero-order chi connectivity index (χ0) is 65.7. The fourth-order valence-electron chi connectivity index (χ4n) is 15.0. The van der Waals surface area contributed by atoms with E-state index in [2.05, 4.69) is 23.2 Å². The highest BCUT2D eigenvalue weighted by atomic mass is 32.2. The number of primary amides is 1. The molecule has 0 aromatic heterocycles. The van der Waals surface area contributed by atoms with Gasteiger partial charge in [-0.25, -0.2) is 9.59 Å². The molecule has 7 rings (SSSR count). The highest BCUT2D eigenvalue weighted by molar-refractivity contribution is 7.84. The number of allylic oxidation sites excluding steroid dienone is 6. The van der Waals surface area contributed by atoms with Gasteiger partial charge in [0.15, 0.2) is 17.7 Å². The summed E-state index contributed by atoms with van der Waals surface area (Å²) in [5.74, 6) is -4.51. The van der Waals surface area contributed by atoms with Crippen LogP contribution in [0.1, 0.15) is 161 Å². The second kappa shape index (κ2) is 32.6. The Morgan fingerprint density at radius 2 is 1.58 bits per heavy atom. The number of piperazine rings is 1. The van der Waals surface area contributed by atoms with Gasteiger partial charge in [0.05, 0.1) is 24.0 Å². The van der Waals surface area contributed by atoms with E-state index in [4.69, 9.17) is 24.7 Å². The molecule has 1 heterocycles. The maximum atomic E-state index is 14.4. The van der Waals surface area contributed by atoms with E-state index in [1.54, 1.807) is 50.0 Å². The average Bonchev–Trinajstić information content (AvgIpc) is 1.39. The number of alkyl halides is 5. The Labute approximate surface area is 530 Å². The summed E-state index contributed by atoms with van der Waals surface area (Å²) in [6.45, 7) is 12.0. The standard InChI is InChI=1S/C68H97F5N4O12S/c1-42-35-52-60(55(79)41-48(62(52)82)40-54(78)43(2)17-15-19-56(86-6)63(89-64(74)83)45(4)37-44(3)61(81)57(36-42)87-7)75-27-28-76-29-31-77(32-30-76)65(84)88-49-20-21-50-47(39-49)38-46(59-51(50)24-26-66(5)53(59)22-23-58(66)80)18-13-11-9-8-10-12-14-33-90(85)34-16-25-67(69,70)68(71,72)73/h15,17,19-21,37,39,41-42,44,46,51,53,56-59,61,63,75,80-81H,8-14,16,18,22-36,38,40H2,1-7H3,(H2,74,83)/b19-15-,43-17+,45-37+/t42-,44+,46-,51-,53+,56+,57+,58+,59-,61+,63+,66+,90?/m1/s1. The van der Waals surface area contributed by atoms with E-state index in [-0.39, 0.29) is 58.7 Å². The van der Waals surface area contributed by atoms with Crippen molar-refractivity contribution in [1.29, 1.82) is 0 Å². The summed E-state index contributed by atoms with van der Waals surface area (Å²) in [6.07, 6.45) is 7.42. The van der Waals surface area contributed by atoms with E-state index in [9.17, 15) is 60.3 Å². The number of carbonyl (C=O) groups is 5. The molecule has 1 aliphatic heterocycles. The first-order chi connectivity index (χ1) is 42.7. The van der Waals surface area contributed by atoms with Gasteiger partial charge in [0.25, 0.3) is 0 Å². The van der Waals surface area contributed by atoms with Crippen molar-refractivity contribution in [2.24, 2.45) is 40.7 Å². The molecule has 0 radical (unpaired) electrons. The molecule has 6 aliphatic rings. The van der Waals surface area contributed by atoms with Crippen molar-refractivity contribution in [3.05, 3.63) is 87.7 Å². The van der Waals surface area contributed by atoms with E-state index >= 15 is 0 Å². The van der Waals surface area contributed by atoms with Crippen LogP contribution in [0.2, 0.25) is 0 Å². The largest absolute Gasteiger partial charge is 0.453 e. The quantitative estimate of drug-likeness (QED) is 0.0367. The van der Waals surface area contributed by atoms with Crippen LogP contribution in [-0.4, -0.2) is 161 Å². The number of unbranched alkanes of at least 4 members (excludes halogenated alkanes) is 6. The van der Waals surface area contributed by atoms with Gasteiger partial charge in [0, 0.05) is 106 Å². The van der Waals surface area contributed by atoms with Gasteiger partial charge in [-0.3, -0.25) is 23.5 Å². The van der Waals surface area contributed by atoms with Crippen LogP contribution in [0.5, 0.6) is 5.75 Å². The zero-order valence-corrected chi connectivity index (χ0v) is 54.4. The first-order valence-electron chi connectivity index (χ1n) is 32.5. The number of aliphatic hydroxyl groups excluding tert-OH is 2. The summed E-state index contributed by atoms with van der Waals surface area (Å²) in [6, 6.07) is 6.11. The van der Waals surface area contributed by atoms with E-state index in [0.29, 0.717) is 98.4 Å². The second-order valence-electron chi connectivity index (χ2n) is 26.5. The number of carbonyl (C=O) groups excluding carboxylic acids is 5. The van der Waals surface area contributed by atoms with Crippen LogP contribution in [0.15, 0.2) is 76.6 Å². The molecule has 0 spiro atoms. The third-order valence-electron chi connectivity index (χ3n) is 20.2. The zero-order valence-electron chi connectivity index (χ0n) is 53.6. The Morgan fingerprint density at radius 1 is 0.889 bits per heavy atom. The molecule has 3 fully saturated rings. The number of aliphatic hydroxyl groups is 2. The molecular formula is C68H97F5N4O12S. The van der Waals surface area contributed by atoms with Crippen LogP contribution >= 0.6 is 0 Å². The number of fused-ring (bicyclic) bond motifs is 7. The minimum absolute atomic E-state index is 0.0711. The topological polar surface area (TPSA) is 224 Å². The van der Waals surface area contributed by atoms with Crippen LogP contribution in [0, 0.1) is 35.0 Å². The lowest BCUT2D eigenvalue weighted by Crippen LogP contribution is -2.50. The Hall–Kier alpha value is -5.13. The summed E-state index contributed by atoms with van der Waals surface area (Å²) in [7, 11) is 1.50. The number of nitrogens with zero attached hydrogens (tertiary/aromatic N) is 2. The number of halogens is 5. The molecule has 2 bridgehead atoms. The summed E-state index contributed by atoms with van der Waals surface area (Å²) in [4.78, 5) is 71.8. The molecule has 5 aliphatic carbocycles. The Bertz CT molecular complexity index is 2870. The van der Waals surface area contributed by atoms with Crippen molar-refractivity contribution in [1.82, 2.24) is 15.1 Å². The minimum Gasteiger partial charge on any atom is -0.439 e. The first-order valence-corrected chi connectivity index (χ1v) is 34.0. The van der Waals surface area contributed by atoms with E-state index in [1.807, 2.05) is 19.1 Å². The molecular weight excluding hydrogens is 1190 g/mol. The minimum atomic E-state index is -5.59. The number of nitrogens with one attached hydrogen (secondary N) is 1. The highest BCUT2D eigenvalue weighted by Crippen LogP contribution is 2.63. The number of amides is 2. The molecule has 5 N–H and O–H groups in total. The number of Topliss-reactive ketones (excluding diaryl/α,β-unsaturated/α-hetero) is 2. The smallest absolute Gasteiger partial charge is 0.439 e. The molecule has 22 heteroatoms. The van der Waals surface area contributed by atoms with Crippen molar-refractivity contribution >= 4 is 40.3 Å². The van der Waals surface area contributed by atoms with Gasteiger partial charge >= 0.3 is 24.3 Å². The van der Waals surface area contributed by atoms with E-state index < -0.39 is 89.8 Å². The predicted molar refractivity (Wildman–Crippen MR) is 334 cm³/mol. The van der Waals surface area contributed by atoms with E-state index in [1.165, 1.54) is 31.4 Å². The lowest BCUT2D eigenvalue weighted by atomic mass is 9.52. The van der Waals surface area contributed by atoms with Gasteiger partial charge < -0.3 is 45.1 Å². The van der Waals surface area contributed by atoms with Crippen LogP contribution < -0.4 is 15.8 Å². The third kappa shape index (κ3) is 18.6. The fraction of sp³-hybridized carbons (Fsp3) is 0.691. The molecule has 1 aromatic rings. The summed E-state index contributed by atoms with van der Waals surface area (Å²) in [5, 5.41) is 26.1. The molecule has 13 atom stereocenters. The third-order valence-corrected chi connectivity index (χ3v) is 21.7. The maximum absolute atomic E-state index is 14.4. The van der Waals surface area contributed by atoms with Gasteiger partial charge in [-0.2, -0.15) is 22.0 Å². The SMILES string of the molecule is CO[C@H]1/C=C\C=C(/C)C(=O)CC2=CC(=O)C(NCCN3CCN(C(=O)Oc4ccc5c(c4)C[C@@H](CCCCCCCCCS(=O)CCCC(F)(F)C(F)(F)F)[C@@H]4[C@@H]5CC[C@]5(C)[C@@H](O)CC[C@@H]45)CC3)=C(C[C@@H](C)C[C@H](OC)[C@@H](O)[C@@H](C)/C=C(\C)[C@@H]1OC(N)=O)C2=O. The molecule has 16 nitrogen and oxygen atoms in total. The highest BCUT2D eigenvalue weighted by Gasteiger charge is 2.58. The average molecular weight is 1290 g/mol. The number of rotatable bonds is 22. The van der Waals surface area contributed by atoms with Crippen molar-refractivity contribution < 1.29 is 79.3 Å². The van der Waals surface area contributed by atoms with E-state index in [0.717, 1.165) is 77.0 Å². The Morgan fingerprint density at radius 3 is 2.26 bits per heavy atom. The molecule has 90 heavy (non-hydrogen) atoms. The first kappa shape index (κ1) is 72.3. The summed E-state index contributed by atoms with van der Waals surface area (Å²) >= 11 is 0. The van der Waals surface area contributed by atoms with Gasteiger partial charge in [-0.1, -0.05) is 89.7 Å². The summed E-state index contributed by atoms with van der Waals surface area (Å²) < 4.78 is 99.1. The van der Waals surface area contributed by atoms with Gasteiger partial charge in [0.1, 0.15) is 11.9 Å². The van der Waals surface area contributed by atoms with Crippen molar-refractivity contribution in [2.75, 3.05) is 65.0 Å². The molecule has 1 unspecified atom stereocenters. The number of hydrogen-bond donors (Lipinski definition) is 4. The van der Waals surface area contributed by atoms with Crippen LogP contribution in [-0.2, 0) is 45.8 Å². The van der Waals surface area contributed by atoms with Gasteiger partial charge in [-0.05, 0) is 154 Å². The molecule has 1 aromatic carbocycles. The summed E-state index contributed by atoms with van der Waals surface area (Å²) in [5.41, 5.74) is 9.22. The Kier molecular flexibility index (Phi) is 26.2. The van der Waals surface area contributed by atoms with Crippen molar-refractivity contribution in [3.8, 4) is 5.75 Å². The Balaban J connectivity index is 0.924. The van der Waals surface area contributed by atoms with Crippen LogP contribution in [0.4, 0.5) is 31.5 Å². The maximum Gasteiger partial charge on any atom is 0.453 e. The number of benzene rings is 1. The number of ketones is 3. The molecule has 2 saturated carbocycles. The number of hydrogen-bond acceptors (Lipinski definition) is 14. The molecule has 502 valence electrons.